The minimum absolute atomic E-state index is 0. The van der Waals surface area contributed by atoms with E-state index >= 15 is 0 Å². The van der Waals surface area contributed by atoms with E-state index in [1.807, 2.05) is 0 Å². The molecule has 0 aromatic rings. The summed E-state index contributed by atoms with van der Waals surface area (Å²) in [7, 11) is 0. The van der Waals surface area contributed by atoms with Gasteiger partial charge in [-0.1, -0.05) is 13.3 Å². The zero-order chi connectivity index (χ0) is 13.7. The van der Waals surface area contributed by atoms with E-state index in [0.29, 0.717) is 18.4 Å². The molecule has 1 saturated carbocycles. The van der Waals surface area contributed by atoms with Crippen molar-refractivity contribution in [3.8, 4) is 0 Å². The molecule has 0 spiro atoms. The van der Waals surface area contributed by atoms with Gasteiger partial charge >= 0.3 is 0 Å². The zero-order valence-corrected chi connectivity index (χ0v) is 14.7. The van der Waals surface area contributed by atoms with Crippen LogP contribution in [0.25, 0.3) is 0 Å². The van der Waals surface area contributed by atoms with Crippen molar-refractivity contribution in [2.75, 3.05) is 19.6 Å². The molecule has 1 aliphatic heterocycles. The second kappa shape index (κ2) is 10.7. The molecule has 0 aromatic carbocycles. The molecule has 1 aliphatic carbocycles. The number of hydrogen-bond donors (Lipinski definition) is 2. The Bertz CT molecular complexity index is 297. The van der Waals surface area contributed by atoms with Crippen molar-refractivity contribution in [1.82, 2.24) is 10.2 Å². The van der Waals surface area contributed by atoms with Crippen LogP contribution in [0.15, 0.2) is 0 Å². The quantitative estimate of drug-likeness (QED) is 0.808. The molecule has 2 atom stereocenters. The number of nitrogens with one attached hydrogen (secondary N) is 1. The van der Waals surface area contributed by atoms with E-state index < -0.39 is 0 Å². The smallest absolute Gasteiger partial charge is 0.220 e. The van der Waals surface area contributed by atoms with Gasteiger partial charge in [-0.15, -0.1) is 24.8 Å². The predicted molar refractivity (Wildman–Crippen MR) is 92.3 cm³/mol. The lowest BCUT2D eigenvalue weighted by Gasteiger charge is -2.32. The summed E-state index contributed by atoms with van der Waals surface area (Å²) in [6.45, 7) is 5.67. The lowest BCUT2D eigenvalue weighted by atomic mass is 9.98. The van der Waals surface area contributed by atoms with Crippen LogP contribution in [-0.2, 0) is 4.79 Å². The highest BCUT2D eigenvalue weighted by atomic mass is 35.5. The summed E-state index contributed by atoms with van der Waals surface area (Å²) in [5.74, 6) is 0.636. The average molecular weight is 340 g/mol. The Morgan fingerprint density at radius 1 is 1.19 bits per heavy atom. The molecule has 6 heteroatoms. The summed E-state index contributed by atoms with van der Waals surface area (Å²) in [5.41, 5.74) is 6.03. The summed E-state index contributed by atoms with van der Waals surface area (Å²) in [5, 5.41) is 3.21. The summed E-state index contributed by atoms with van der Waals surface area (Å²) >= 11 is 0. The summed E-state index contributed by atoms with van der Waals surface area (Å²) in [6.07, 6.45) is 7.46. The van der Waals surface area contributed by atoms with Gasteiger partial charge in [-0.05, 0) is 44.6 Å². The van der Waals surface area contributed by atoms with Crippen LogP contribution in [0.1, 0.15) is 51.9 Å². The SMILES string of the molecule is CCCN1CCC(NC(=O)C[C@@H]2CCC[C@H]2N)CC1.Cl.Cl. The number of carbonyl (C=O) groups is 1. The van der Waals surface area contributed by atoms with Gasteiger partial charge in [0.05, 0.1) is 0 Å². The lowest BCUT2D eigenvalue weighted by Crippen LogP contribution is -2.45. The third-order valence-electron chi connectivity index (χ3n) is 4.66. The van der Waals surface area contributed by atoms with E-state index in [1.165, 1.54) is 19.4 Å². The highest BCUT2D eigenvalue weighted by Gasteiger charge is 2.27. The van der Waals surface area contributed by atoms with Crippen LogP contribution in [0.4, 0.5) is 0 Å². The first kappa shape index (κ1) is 21.0. The fraction of sp³-hybridized carbons (Fsp3) is 0.933. The molecule has 3 N–H and O–H groups in total. The number of nitrogens with two attached hydrogens (primary N) is 1. The van der Waals surface area contributed by atoms with Crippen molar-refractivity contribution in [2.24, 2.45) is 11.7 Å². The van der Waals surface area contributed by atoms with Crippen LogP contribution in [-0.4, -0.2) is 42.5 Å². The summed E-state index contributed by atoms with van der Waals surface area (Å²) < 4.78 is 0. The molecular formula is C15H31Cl2N3O. The number of amides is 1. The molecule has 21 heavy (non-hydrogen) atoms. The van der Waals surface area contributed by atoms with E-state index in [-0.39, 0.29) is 36.8 Å². The molecule has 0 unspecified atom stereocenters. The second-order valence-electron chi connectivity index (χ2n) is 6.24. The van der Waals surface area contributed by atoms with Gasteiger partial charge in [0.15, 0.2) is 0 Å². The number of nitrogens with zero attached hydrogens (tertiary/aromatic N) is 1. The van der Waals surface area contributed by atoms with Crippen LogP contribution in [0.5, 0.6) is 0 Å². The largest absolute Gasteiger partial charge is 0.353 e. The first-order valence-electron chi connectivity index (χ1n) is 7.96. The predicted octanol–water partition coefficient (Wildman–Crippen LogP) is 2.34. The standard InChI is InChI=1S/C15H29N3O.2ClH/c1-2-8-18-9-6-13(7-10-18)17-15(19)11-12-4-3-5-14(12)16;;/h12-14H,2-11,16H2,1H3,(H,17,19);2*1H/t12-,14+;;/m0../s1. The number of likely N-dealkylation sites (tertiary alicyclic amines) is 1. The molecular weight excluding hydrogens is 309 g/mol. The molecule has 1 heterocycles. The average Bonchev–Trinajstić information content (AvgIpc) is 2.78. The van der Waals surface area contributed by atoms with Crippen molar-refractivity contribution < 1.29 is 4.79 Å². The Labute approximate surface area is 141 Å². The van der Waals surface area contributed by atoms with Gasteiger partial charge in [-0.2, -0.15) is 0 Å². The van der Waals surface area contributed by atoms with Crippen LogP contribution < -0.4 is 11.1 Å². The second-order valence-corrected chi connectivity index (χ2v) is 6.24. The fourth-order valence-electron chi connectivity index (χ4n) is 3.46. The number of hydrogen-bond acceptors (Lipinski definition) is 3. The van der Waals surface area contributed by atoms with Crippen molar-refractivity contribution in [3.05, 3.63) is 0 Å². The number of piperidine rings is 1. The molecule has 2 rings (SSSR count). The zero-order valence-electron chi connectivity index (χ0n) is 13.1. The minimum atomic E-state index is 0. The molecule has 1 amide bonds. The third-order valence-corrected chi connectivity index (χ3v) is 4.66. The Kier molecular flexibility index (Phi) is 10.6. The van der Waals surface area contributed by atoms with Crippen LogP contribution >= 0.6 is 24.8 Å². The third kappa shape index (κ3) is 6.72. The molecule has 0 aromatic heterocycles. The van der Waals surface area contributed by atoms with E-state index in [4.69, 9.17) is 5.73 Å². The van der Waals surface area contributed by atoms with Gasteiger partial charge in [0.25, 0.3) is 0 Å². The van der Waals surface area contributed by atoms with E-state index in [1.54, 1.807) is 0 Å². The highest BCUT2D eigenvalue weighted by molar-refractivity contribution is 5.85. The number of rotatable bonds is 5. The fourth-order valence-corrected chi connectivity index (χ4v) is 3.46. The van der Waals surface area contributed by atoms with Crippen LogP contribution in [0.2, 0.25) is 0 Å². The Morgan fingerprint density at radius 3 is 2.38 bits per heavy atom. The monoisotopic (exact) mass is 339 g/mol. The highest BCUT2D eigenvalue weighted by Crippen LogP contribution is 2.26. The maximum atomic E-state index is 12.0. The van der Waals surface area contributed by atoms with Crippen molar-refractivity contribution >= 4 is 30.7 Å². The van der Waals surface area contributed by atoms with Gasteiger partial charge in [-0.25, -0.2) is 0 Å². The molecule has 0 radical (unpaired) electrons. The van der Waals surface area contributed by atoms with Crippen molar-refractivity contribution in [1.29, 1.82) is 0 Å². The summed E-state index contributed by atoms with van der Waals surface area (Å²) in [4.78, 5) is 14.5. The summed E-state index contributed by atoms with van der Waals surface area (Å²) in [6, 6.07) is 0.635. The Hall–Kier alpha value is -0.0300. The van der Waals surface area contributed by atoms with E-state index in [2.05, 4.69) is 17.1 Å². The van der Waals surface area contributed by atoms with E-state index in [0.717, 1.165) is 38.8 Å². The first-order chi connectivity index (χ1) is 9.19. The van der Waals surface area contributed by atoms with Crippen LogP contribution in [0, 0.1) is 5.92 Å². The molecule has 2 fully saturated rings. The first-order valence-corrected chi connectivity index (χ1v) is 7.96. The van der Waals surface area contributed by atoms with E-state index in [9.17, 15) is 4.79 Å². The van der Waals surface area contributed by atoms with Crippen molar-refractivity contribution in [2.45, 2.75) is 64.0 Å². The Morgan fingerprint density at radius 2 is 1.86 bits per heavy atom. The molecule has 2 aliphatic rings. The molecule has 0 bridgehead atoms. The van der Waals surface area contributed by atoms with Crippen molar-refractivity contribution in [3.63, 3.8) is 0 Å². The van der Waals surface area contributed by atoms with Gasteiger partial charge < -0.3 is 16.0 Å². The van der Waals surface area contributed by atoms with Gasteiger partial charge in [0, 0.05) is 31.6 Å². The molecule has 126 valence electrons. The van der Waals surface area contributed by atoms with Gasteiger partial charge in [0.1, 0.15) is 0 Å². The normalized spacial score (nSPS) is 26.8. The number of carbonyl (C=O) groups excluding carboxylic acids is 1. The number of halogens is 2. The Balaban J connectivity index is 0.00000200. The van der Waals surface area contributed by atoms with Crippen LogP contribution in [0.3, 0.4) is 0 Å². The topological polar surface area (TPSA) is 58.4 Å². The lowest BCUT2D eigenvalue weighted by molar-refractivity contribution is -0.123. The maximum Gasteiger partial charge on any atom is 0.220 e. The van der Waals surface area contributed by atoms with Gasteiger partial charge in [0.2, 0.25) is 5.91 Å². The molecule has 1 saturated heterocycles. The maximum absolute atomic E-state index is 12.0. The van der Waals surface area contributed by atoms with Gasteiger partial charge in [-0.3, -0.25) is 4.79 Å². The molecule has 4 nitrogen and oxygen atoms in total. The minimum Gasteiger partial charge on any atom is -0.353 e.